The standard InChI is InChI=1S/C27H30ClN3O4/c1-5-31-15-14-20-21(12-10-18(25(20)31)8-7-9-24(32)33-6-2)26-29-27(35-30-26)19-11-13-23(22(28)16-19)34-17(3)4/h10-17H,5-9H2,1-4H3. The summed E-state index contributed by atoms with van der Waals surface area (Å²) in [5.74, 6) is 1.36. The molecular formula is C27H30ClN3O4. The lowest BCUT2D eigenvalue weighted by Gasteiger charge is -2.11. The number of hydrogen-bond acceptors (Lipinski definition) is 6. The zero-order chi connectivity index (χ0) is 24.9. The van der Waals surface area contributed by atoms with Crippen molar-refractivity contribution in [3.05, 3.63) is 53.2 Å². The topological polar surface area (TPSA) is 79.4 Å². The van der Waals surface area contributed by atoms with Gasteiger partial charge in [-0.25, -0.2) is 0 Å². The second-order valence-corrected chi connectivity index (χ2v) is 8.94. The van der Waals surface area contributed by atoms with Crippen LogP contribution in [0.3, 0.4) is 0 Å². The van der Waals surface area contributed by atoms with Crippen LogP contribution in [-0.4, -0.2) is 33.4 Å². The van der Waals surface area contributed by atoms with Crippen molar-refractivity contribution in [1.82, 2.24) is 14.7 Å². The molecule has 2 heterocycles. The largest absolute Gasteiger partial charge is 0.489 e. The summed E-state index contributed by atoms with van der Waals surface area (Å²) < 4.78 is 18.6. The third-order valence-corrected chi connectivity index (χ3v) is 5.99. The van der Waals surface area contributed by atoms with Gasteiger partial charge in [0.05, 0.1) is 23.3 Å². The van der Waals surface area contributed by atoms with Crippen LogP contribution in [0.4, 0.5) is 0 Å². The van der Waals surface area contributed by atoms with E-state index in [-0.39, 0.29) is 12.1 Å². The number of fused-ring (bicyclic) bond motifs is 1. The van der Waals surface area contributed by atoms with E-state index >= 15 is 0 Å². The van der Waals surface area contributed by atoms with Gasteiger partial charge in [0.1, 0.15) is 5.75 Å². The summed E-state index contributed by atoms with van der Waals surface area (Å²) in [6.45, 7) is 9.07. The molecule has 0 unspecified atom stereocenters. The number of rotatable bonds is 10. The summed E-state index contributed by atoms with van der Waals surface area (Å²) in [7, 11) is 0. The van der Waals surface area contributed by atoms with Crippen LogP contribution in [0.5, 0.6) is 5.75 Å². The quantitative estimate of drug-likeness (QED) is 0.228. The number of halogens is 1. The number of aromatic nitrogens is 3. The van der Waals surface area contributed by atoms with Gasteiger partial charge in [-0.1, -0.05) is 28.9 Å². The fourth-order valence-corrected chi connectivity index (χ4v) is 4.38. The highest BCUT2D eigenvalue weighted by molar-refractivity contribution is 6.32. The molecular weight excluding hydrogens is 466 g/mol. The fourth-order valence-electron chi connectivity index (χ4n) is 4.15. The molecule has 0 spiro atoms. The molecule has 0 aliphatic carbocycles. The van der Waals surface area contributed by atoms with Gasteiger partial charge in [-0.3, -0.25) is 4.79 Å². The Hall–Kier alpha value is -3.32. The monoisotopic (exact) mass is 495 g/mol. The summed E-state index contributed by atoms with van der Waals surface area (Å²) in [4.78, 5) is 16.4. The first-order chi connectivity index (χ1) is 16.9. The summed E-state index contributed by atoms with van der Waals surface area (Å²) in [5.41, 5.74) is 3.92. The number of esters is 1. The summed E-state index contributed by atoms with van der Waals surface area (Å²) in [5, 5.41) is 5.79. The highest BCUT2D eigenvalue weighted by Gasteiger charge is 2.18. The Labute approximate surface area is 210 Å². The first kappa shape index (κ1) is 24.8. The van der Waals surface area contributed by atoms with E-state index in [1.807, 2.05) is 39.0 Å². The Kier molecular flexibility index (Phi) is 7.76. The highest BCUT2D eigenvalue weighted by atomic mass is 35.5. The van der Waals surface area contributed by atoms with E-state index in [2.05, 4.69) is 40.0 Å². The first-order valence-corrected chi connectivity index (χ1v) is 12.4. The minimum absolute atomic E-state index is 0.0272. The number of aryl methyl sites for hydroxylation is 2. The zero-order valence-corrected chi connectivity index (χ0v) is 21.3. The molecule has 7 nitrogen and oxygen atoms in total. The maximum atomic E-state index is 11.7. The lowest BCUT2D eigenvalue weighted by atomic mass is 10.0. The summed E-state index contributed by atoms with van der Waals surface area (Å²) >= 11 is 6.39. The smallest absolute Gasteiger partial charge is 0.305 e. The third kappa shape index (κ3) is 5.51. The van der Waals surface area contributed by atoms with Crippen molar-refractivity contribution in [2.24, 2.45) is 0 Å². The van der Waals surface area contributed by atoms with Crippen molar-refractivity contribution < 1.29 is 18.8 Å². The Morgan fingerprint density at radius 2 is 2.00 bits per heavy atom. The second kappa shape index (κ2) is 11.0. The van der Waals surface area contributed by atoms with Crippen LogP contribution in [0.1, 0.15) is 46.1 Å². The molecule has 2 aromatic carbocycles. The average Bonchev–Trinajstić information content (AvgIpc) is 3.48. The molecule has 8 heteroatoms. The SMILES string of the molecule is CCOC(=O)CCCc1ccc(-c2noc(-c3ccc(OC(C)C)c(Cl)c3)n2)c2ccn(CC)c12. The van der Waals surface area contributed by atoms with Crippen molar-refractivity contribution in [2.45, 2.75) is 59.6 Å². The van der Waals surface area contributed by atoms with E-state index in [0.29, 0.717) is 35.5 Å². The molecule has 4 aromatic rings. The third-order valence-electron chi connectivity index (χ3n) is 5.69. The molecule has 2 aromatic heterocycles. The van der Waals surface area contributed by atoms with E-state index in [1.54, 1.807) is 6.07 Å². The molecule has 0 bridgehead atoms. The van der Waals surface area contributed by atoms with Gasteiger partial charge in [0.25, 0.3) is 5.89 Å². The van der Waals surface area contributed by atoms with Gasteiger partial charge in [0.2, 0.25) is 5.82 Å². The van der Waals surface area contributed by atoms with Gasteiger partial charge in [-0.15, -0.1) is 0 Å². The van der Waals surface area contributed by atoms with Crippen molar-refractivity contribution in [3.8, 4) is 28.6 Å². The van der Waals surface area contributed by atoms with Crippen LogP contribution >= 0.6 is 11.6 Å². The van der Waals surface area contributed by atoms with E-state index in [4.69, 9.17) is 25.6 Å². The van der Waals surface area contributed by atoms with Crippen LogP contribution in [0.15, 0.2) is 47.1 Å². The molecule has 0 N–H and O–H groups in total. The Balaban J connectivity index is 1.62. The van der Waals surface area contributed by atoms with Gasteiger partial charge in [-0.05, 0) is 70.4 Å². The molecule has 0 saturated carbocycles. The normalized spacial score (nSPS) is 11.4. The fraction of sp³-hybridized carbons (Fsp3) is 0.370. The van der Waals surface area contributed by atoms with E-state index in [9.17, 15) is 4.79 Å². The number of benzene rings is 2. The summed E-state index contributed by atoms with van der Waals surface area (Å²) in [6.07, 6.45) is 4.00. The van der Waals surface area contributed by atoms with Crippen LogP contribution in [0.25, 0.3) is 33.7 Å². The molecule has 0 atom stereocenters. The Morgan fingerprint density at radius 1 is 1.17 bits per heavy atom. The van der Waals surface area contributed by atoms with Gasteiger partial charge < -0.3 is 18.6 Å². The number of hydrogen-bond donors (Lipinski definition) is 0. The molecule has 0 fully saturated rings. The molecule has 0 saturated heterocycles. The Morgan fingerprint density at radius 3 is 2.71 bits per heavy atom. The zero-order valence-electron chi connectivity index (χ0n) is 20.5. The van der Waals surface area contributed by atoms with Crippen molar-refractivity contribution >= 4 is 28.5 Å². The number of nitrogens with zero attached hydrogens (tertiary/aromatic N) is 3. The van der Waals surface area contributed by atoms with Crippen molar-refractivity contribution in [3.63, 3.8) is 0 Å². The average molecular weight is 496 g/mol. The lowest BCUT2D eigenvalue weighted by molar-refractivity contribution is -0.143. The van der Waals surface area contributed by atoms with Crippen LogP contribution in [0, 0.1) is 0 Å². The molecule has 35 heavy (non-hydrogen) atoms. The maximum absolute atomic E-state index is 11.7. The number of carbonyl (C=O) groups is 1. The first-order valence-electron chi connectivity index (χ1n) is 12.0. The molecule has 4 rings (SSSR count). The predicted octanol–water partition coefficient (Wildman–Crippen LogP) is 6.70. The molecule has 184 valence electrons. The van der Waals surface area contributed by atoms with Gasteiger partial charge in [0, 0.05) is 35.7 Å². The van der Waals surface area contributed by atoms with Gasteiger partial charge in [0.15, 0.2) is 0 Å². The van der Waals surface area contributed by atoms with Crippen LogP contribution in [0.2, 0.25) is 5.02 Å². The number of carbonyl (C=O) groups excluding carboxylic acids is 1. The maximum Gasteiger partial charge on any atom is 0.305 e. The molecule has 0 aliphatic heterocycles. The van der Waals surface area contributed by atoms with E-state index in [1.165, 1.54) is 5.56 Å². The van der Waals surface area contributed by atoms with Crippen molar-refractivity contribution in [1.29, 1.82) is 0 Å². The van der Waals surface area contributed by atoms with Crippen molar-refractivity contribution in [2.75, 3.05) is 6.61 Å². The van der Waals surface area contributed by atoms with Gasteiger partial charge >= 0.3 is 5.97 Å². The number of ether oxygens (including phenoxy) is 2. The lowest BCUT2D eigenvalue weighted by Crippen LogP contribution is -2.05. The predicted molar refractivity (Wildman–Crippen MR) is 137 cm³/mol. The van der Waals surface area contributed by atoms with Crippen LogP contribution in [-0.2, 0) is 22.5 Å². The van der Waals surface area contributed by atoms with E-state index in [0.717, 1.165) is 41.4 Å². The van der Waals surface area contributed by atoms with Crippen LogP contribution < -0.4 is 4.74 Å². The van der Waals surface area contributed by atoms with E-state index < -0.39 is 0 Å². The second-order valence-electron chi connectivity index (χ2n) is 8.53. The van der Waals surface area contributed by atoms with Gasteiger partial charge in [-0.2, -0.15) is 4.98 Å². The summed E-state index contributed by atoms with van der Waals surface area (Å²) in [6, 6.07) is 11.6. The highest BCUT2D eigenvalue weighted by Crippen LogP contribution is 2.34. The minimum atomic E-state index is -0.158. The molecule has 0 aliphatic rings. The molecule has 0 amide bonds. The Bertz CT molecular complexity index is 1330. The minimum Gasteiger partial charge on any atom is -0.489 e. The molecule has 0 radical (unpaired) electrons.